The molecule has 1 N–H and O–H groups in total. The van der Waals surface area contributed by atoms with Crippen molar-refractivity contribution >= 4 is 15.9 Å². The van der Waals surface area contributed by atoms with Crippen molar-refractivity contribution in [1.82, 2.24) is 9.62 Å². The second kappa shape index (κ2) is 6.22. The van der Waals surface area contributed by atoms with Crippen molar-refractivity contribution in [2.75, 3.05) is 26.8 Å². The number of nitriles is 1. The zero-order valence-corrected chi connectivity index (χ0v) is 12.3. The molecule has 0 bridgehead atoms. The van der Waals surface area contributed by atoms with Crippen molar-refractivity contribution in [3.05, 3.63) is 29.8 Å². The van der Waals surface area contributed by atoms with Gasteiger partial charge in [-0.05, 0) is 12.1 Å². The topological polar surface area (TPSA) is 99.5 Å². The Hall–Kier alpha value is -1.95. The minimum atomic E-state index is -3.94. The zero-order valence-electron chi connectivity index (χ0n) is 11.4. The molecule has 1 heterocycles. The van der Waals surface area contributed by atoms with Crippen LogP contribution in [-0.4, -0.2) is 51.5 Å². The highest BCUT2D eigenvalue weighted by atomic mass is 32.2. The highest BCUT2D eigenvalue weighted by molar-refractivity contribution is 7.89. The maximum atomic E-state index is 12.7. The van der Waals surface area contributed by atoms with Crippen LogP contribution in [0.5, 0.6) is 0 Å². The Balaban J connectivity index is 2.46. The first-order valence-electron chi connectivity index (χ1n) is 6.32. The molecule has 0 aliphatic carbocycles. The van der Waals surface area contributed by atoms with Crippen molar-refractivity contribution in [2.45, 2.75) is 10.9 Å². The summed E-state index contributed by atoms with van der Waals surface area (Å²) in [6.07, 6.45) is 0. The standard InChI is InChI=1S/C13H15N3O4S/c1-15-13(17)11-9-20-7-6-16(11)21(18,19)12-5-3-2-4-10(12)8-14/h2-5,11H,6-7,9H2,1H3,(H,15,17). The molecule has 0 spiro atoms. The highest BCUT2D eigenvalue weighted by Crippen LogP contribution is 2.23. The third-order valence-corrected chi connectivity index (χ3v) is 5.19. The van der Waals surface area contributed by atoms with Gasteiger partial charge in [0.15, 0.2) is 0 Å². The number of carbonyl (C=O) groups excluding carboxylic acids is 1. The van der Waals surface area contributed by atoms with E-state index in [0.29, 0.717) is 0 Å². The van der Waals surface area contributed by atoms with E-state index in [9.17, 15) is 13.2 Å². The summed E-state index contributed by atoms with van der Waals surface area (Å²) >= 11 is 0. The van der Waals surface area contributed by atoms with E-state index in [1.807, 2.05) is 6.07 Å². The van der Waals surface area contributed by atoms with Gasteiger partial charge >= 0.3 is 0 Å². The van der Waals surface area contributed by atoms with Crippen LogP contribution in [0, 0.1) is 11.3 Å². The van der Waals surface area contributed by atoms with Gasteiger partial charge in [-0.3, -0.25) is 4.79 Å². The maximum absolute atomic E-state index is 12.7. The summed E-state index contributed by atoms with van der Waals surface area (Å²) in [5.74, 6) is -0.437. The molecule has 0 radical (unpaired) electrons. The van der Waals surface area contributed by atoms with E-state index < -0.39 is 22.0 Å². The molecule has 1 atom stereocenters. The molecule has 112 valence electrons. The molecule has 1 amide bonds. The number of rotatable bonds is 3. The lowest BCUT2D eigenvalue weighted by Crippen LogP contribution is -2.55. The van der Waals surface area contributed by atoms with Crippen LogP contribution in [0.25, 0.3) is 0 Å². The number of morpholine rings is 1. The monoisotopic (exact) mass is 309 g/mol. The Morgan fingerprint density at radius 2 is 2.19 bits per heavy atom. The van der Waals surface area contributed by atoms with Crippen LogP contribution >= 0.6 is 0 Å². The molecule has 7 nitrogen and oxygen atoms in total. The number of nitrogens with one attached hydrogen (secondary N) is 1. The fraction of sp³-hybridized carbons (Fsp3) is 0.385. The quantitative estimate of drug-likeness (QED) is 0.826. The van der Waals surface area contributed by atoms with Crippen molar-refractivity contribution in [3.8, 4) is 6.07 Å². The summed E-state index contributed by atoms with van der Waals surface area (Å²) in [5, 5.41) is 11.5. The van der Waals surface area contributed by atoms with Gasteiger partial charge in [-0.1, -0.05) is 12.1 Å². The second-order valence-electron chi connectivity index (χ2n) is 4.43. The largest absolute Gasteiger partial charge is 0.378 e. The predicted molar refractivity (Wildman–Crippen MR) is 73.7 cm³/mol. The van der Waals surface area contributed by atoms with Crippen LogP contribution in [0.4, 0.5) is 0 Å². The summed E-state index contributed by atoms with van der Waals surface area (Å²) in [4.78, 5) is 11.8. The molecule has 1 aliphatic rings. The van der Waals surface area contributed by atoms with Crippen LogP contribution in [0.2, 0.25) is 0 Å². The molecular formula is C13H15N3O4S. The Morgan fingerprint density at radius 1 is 1.48 bits per heavy atom. The van der Waals surface area contributed by atoms with Crippen molar-refractivity contribution in [1.29, 1.82) is 5.26 Å². The van der Waals surface area contributed by atoms with E-state index in [1.165, 1.54) is 19.2 Å². The van der Waals surface area contributed by atoms with Gasteiger partial charge in [0, 0.05) is 13.6 Å². The number of likely N-dealkylation sites (N-methyl/N-ethyl adjacent to an activating group) is 1. The molecule has 0 aromatic heterocycles. The summed E-state index contributed by atoms with van der Waals surface area (Å²) in [7, 11) is -2.50. The third kappa shape index (κ3) is 2.90. The minimum Gasteiger partial charge on any atom is -0.378 e. The molecule has 0 saturated carbocycles. The Morgan fingerprint density at radius 3 is 2.86 bits per heavy atom. The van der Waals surface area contributed by atoms with Gasteiger partial charge < -0.3 is 10.1 Å². The van der Waals surface area contributed by atoms with Crippen LogP contribution in [0.1, 0.15) is 5.56 Å². The van der Waals surface area contributed by atoms with Gasteiger partial charge in [0.25, 0.3) is 0 Å². The smallest absolute Gasteiger partial charge is 0.245 e. The maximum Gasteiger partial charge on any atom is 0.245 e. The van der Waals surface area contributed by atoms with E-state index in [2.05, 4.69) is 5.32 Å². The average Bonchev–Trinajstić information content (AvgIpc) is 2.54. The number of nitrogens with zero attached hydrogens (tertiary/aromatic N) is 2. The summed E-state index contributed by atoms with van der Waals surface area (Å²) < 4.78 is 31.8. The number of carbonyl (C=O) groups is 1. The van der Waals surface area contributed by atoms with Crippen molar-refractivity contribution in [3.63, 3.8) is 0 Å². The molecule has 21 heavy (non-hydrogen) atoms. The normalized spacial score (nSPS) is 19.7. The van der Waals surface area contributed by atoms with Gasteiger partial charge in [0.2, 0.25) is 15.9 Å². The molecule has 1 saturated heterocycles. The van der Waals surface area contributed by atoms with Gasteiger partial charge in [0.1, 0.15) is 12.1 Å². The zero-order chi connectivity index (χ0) is 15.5. The predicted octanol–water partition coefficient (Wildman–Crippen LogP) is -0.306. The van der Waals surface area contributed by atoms with E-state index in [-0.39, 0.29) is 30.2 Å². The van der Waals surface area contributed by atoms with Crippen LogP contribution < -0.4 is 5.32 Å². The van der Waals surface area contributed by atoms with Crippen LogP contribution in [-0.2, 0) is 19.6 Å². The van der Waals surface area contributed by atoms with Crippen molar-refractivity contribution in [2.24, 2.45) is 0 Å². The number of hydrogen-bond acceptors (Lipinski definition) is 5. The van der Waals surface area contributed by atoms with Gasteiger partial charge in [-0.15, -0.1) is 0 Å². The van der Waals surface area contributed by atoms with Crippen LogP contribution in [0.15, 0.2) is 29.2 Å². The lowest BCUT2D eigenvalue weighted by Gasteiger charge is -2.33. The fourth-order valence-electron chi connectivity index (χ4n) is 2.16. The second-order valence-corrected chi connectivity index (χ2v) is 6.29. The SMILES string of the molecule is CNC(=O)C1COCCN1S(=O)(=O)c1ccccc1C#N. The minimum absolute atomic E-state index is 0.00633. The lowest BCUT2D eigenvalue weighted by molar-refractivity contribution is -0.128. The lowest BCUT2D eigenvalue weighted by atomic mass is 10.2. The first-order valence-corrected chi connectivity index (χ1v) is 7.76. The van der Waals surface area contributed by atoms with E-state index in [0.717, 1.165) is 4.31 Å². The van der Waals surface area contributed by atoms with E-state index in [4.69, 9.17) is 10.00 Å². The molecule has 1 aromatic rings. The number of sulfonamides is 1. The van der Waals surface area contributed by atoms with Gasteiger partial charge in [-0.2, -0.15) is 9.57 Å². The fourth-order valence-corrected chi connectivity index (χ4v) is 3.86. The molecule has 1 aliphatic heterocycles. The Labute approximate surface area is 123 Å². The Kier molecular flexibility index (Phi) is 4.57. The number of amides is 1. The van der Waals surface area contributed by atoms with E-state index >= 15 is 0 Å². The molecule has 8 heteroatoms. The first-order chi connectivity index (χ1) is 10.0. The number of ether oxygens (including phenoxy) is 1. The summed E-state index contributed by atoms with van der Waals surface area (Å²) in [6.45, 7) is 0.273. The summed E-state index contributed by atoms with van der Waals surface area (Å²) in [6, 6.07) is 6.86. The molecule has 2 rings (SSSR count). The first kappa shape index (κ1) is 15.4. The highest BCUT2D eigenvalue weighted by Gasteiger charge is 2.38. The summed E-state index contributed by atoms with van der Waals surface area (Å²) in [5.41, 5.74) is 0.0552. The molecular weight excluding hydrogens is 294 g/mol. The van der Waals surface area contributed by atoms with Crippen LogP contribution in [0.3, 0.4) is 0 Å². The Bertz CT molecular complexity index is 681. The van der Waals surface area contributed by atoms with Gasteiger partial charge in [0.05, 0.1) is 23.7 Å². The number of benzene rings is 1. The molecule has 1 fully saturated rings. The molecule has 1 aromatic carbocycles. The van der Waals surface area contributed by atoms with E-state index in [1.54, 1.807) is 12.1 Å². The molecule has 1 unspecified atom stereocenters. The van der Waals surface area contributed by atoms with Gasteiger partial charge in [-0.25, -0.2) is 8.42 Å². The average molecular weight is 309 g/mol. The third-order valence-electron chi connectivity index (χ3n) is 3.22. The number of hydrogen-bond donors (Lipinski definition) is 1. The van der Waals surface area contributed by atoms with Crippen molar-refractivity contribution < 1.29 is 17.9 Å².